The summed E-state index contributed by atoms with van der Waals surface area (Å²) in [6, 6.07) is 23.5. The van der Waals surface area contributed by atoms with Crippen LogP contribution in [0.15, 0.2) is 72.9 Å². The molecule has 0 spiro atoms. The molecule has 3 aromatic carbocycles. The van der Waals surface area contributed by atoms with Crippen molar-refractivity contribution >= 4 is 22.5 Å². The Balaban J connectivity index is 1.37. The maximum Gasteiger partial charge on any atom is 0.118 e. The topological polar surface area (TPSA) is 46.7 Å². The van der Waals surface area contributed by atoms with E-state index < -0.39 is 0 Å². The number of nitrogens with two attached hydrogens (primary N) is 1. The SMILES string of the molecule is COc1ccc(-c2cn(C(C)(C)CCN)c3ccc(CN4CCN(Cc5ccccc5Cl)CC4)cc23)cc1. The maximum absolute atomic E-state index is 6.40. The van der Waals surface area contributed by atoms with E-state index in [-0.39, 0.29) is 5.54 Å². The lowest BCUT2D eigenvalue weighted by Crippen LogP contribution is -2.45. The van der Waals surface area contributed by atoms with Crippen molar-refractivity contribution in [2.75, 3.05) is 39.8 Å². The normalized spacial score (nSPS) is 15.3. The Morgan fingerprint density at radius 3 is 2.24 bits per heavy atom. The lowest BCUT2D eigenvalue weighted by atomic mass is 10.00. The quantitative estimate of drug-likeness (QED) is 0.273. The molecule has 0 aliphatic carbocycles. The Labute approximate surface area is 231 Å². The second kappa shape index (κ2) is 11.5. The third-order valence-corrected chi connectivity index (χ3v) is 8.27. The molecule has 1 aliphatic heterocycles. The molecule has 0 amide bonds. The number of hydrogen-bond acceptors (Lipinski definition) is 4. The highest BCUT2D eigenvalue weighted by atomic mass is 35.5. The van der Waals surface area contributed by atoms with Crippen LogP contribution in [0, 0.1) is 0 Å². The van der Waals surface area contributed by atoms with Gasteiger partial charge in [0.25, 0.3) is 0 Å². The number of halogens is 1. The zero-order valence-electron chi connectivity index (χ0n) is 22.8. The number of piperazine rings is 1. The van der Waals surface area contributed by atoms with Gasteiger partial charge in [-0.05, 0) is 73.8 Å². The highest BCUT2D eigenvalue weighted by Gasteiger charge is 2.24. The second-order valence-corrected chi connectivity index (χ2v) is 11.4. The van der Waals surface area contributed by atoms with Crippen molar-refractivity contribution in [2.45, 2.75) is 38.9 Å². The standard InChI is InChI=1S/C32H39ClN4O/c1-32(2,14-15-34)37-23-29(25-9-11-27(38-3)12-10-25)28-20-24(8-13-31(28)37)21-35-16-18-36(19-17-35)22-26-6-4-5-7-30(26)33/h4-13,20,23H,14-19,21-22,34H2,1-3H3. The number of hydrogen-bond donors (Lipinski definition) is 1. The van der Waals surface area contributed by atoms with Crippen molar-refractivity contribution in [3.8, 4) is 16.9 Å². The summed E-state index contributed by atoms with van der Waals surface area (Å²) in [7, 11) is 1.71. The van der Waals surface area contributed by atoms with E-state index in [1.54, 1.807) is 7.11 Å². The van der Waals surface area contributed by atoms with Crippen molar-refractivity contribution < 1.29 is 4.74 Å². The molecule has 1 saturated heterocycles. The van der Waals surface area contributed by atoms with Crippen LogP contribution < -0.4 is 10.5 Å². The van der Waals surface area contributed by atoms with Crippen molar-refractivity contribution in [1.29, 1.82) is 0 Å². The van der Waals surface area contributed by atoms with E-state index in [0.717, 1.165) is 56.5 Å². The molecule has 1 aliphatic rings. The fourth-order valence-corrected chi connectivity index (χ4v) is 5.78. The number of fused-ring (bicyclic) bond motifs is 1. The van der Waals surface area contributed by atoms with Crippen LogP contribution in [0.5, 0.6) is 5.75 Å². The van der Waals surface area contributed by atoms with E-state index in [1.807, 2.05) is 24.3 Å². The van der Waals surface area contributed by atoms with E-state index in [9.17, 15) is 0 Å². The third kappa shape index (κ3) is 5.76. The Morgan fingerprint density at radius 1 is 0.895 bits per heavy atom. The Kier molecular flexibility index (Phi) is 8.10. The molecular weight excluding hydrogens is 492 g/mol. The van der Waals surface area contributed by atoms with Gasteiger partial charge < -0.3 is 15.0 Å². The van der Waals surface area contributed by atoms with Crippen molar-refractivity contribution in [1.82, 2.24) is 14.4 Å². The van der Waals surface area contributed by atoms with E-state index in [0.29, 0.717) is 6.54 Å². The number of aromatic nitrogens is 1. The third-order valence-electron chi connectivity index (χ3n) is 7.90. The van der Waals surface area contributed by atoms with Crippen LogP contribution in [0.4, 0.5) is 0 Å². The van der Waals surface area contributed by atoms with Gasteiger partial charge in [-0.3, -0.25) is 9.80 Å². The molecule has 4 aromatic rings. The summed E-state index contributed by atoms with van der Waals surface area (Å²) in [4.78, 5) is 5.06. The van der Waals surface area contributed by atoms with Gasteiger partial charge in [0, 0.05) is 72.5 Å². The van der Waals surface area contributed by atoms with Crippen LogP contribution in [-0.4, -0.2) is 54.2 Å². The second-order valence-electron chi connectivity index (χ2n) is 11.0. The zero-order valence-corrected chi connectivity index (χ0v) is 23.5. The number of benzene rings is 3. The van der Waals surface area contributed by atoms with Gasteiger partial charge in [0.1, 0.15) is 5.75 Å². The lowest BCUT2D eigenvalue weighted by molar-refractivity contribution is 0.122. The monoisotopic (exact) mass is 530 g/mol. The van der Waals surface area contributed by atoms with Crippen LogP contribution in [0.2, 0.25) is 5.02 Å². The van der Waals surface area contributed by atoms with Crippen molar-refractivity contribution in [3.05, 3.63) is 89.1 Å². The first-order valence-electron chi connectivity index (χ1n) is 13.5. The Morgan fingerprint density at radius 2 is 1.58 bits per heavy atom. The van der Waals surface area contributed by atoms with E-state index in [2.05, 4.69) is 76.9 Å². The maximum atomic E-state index is 6.40. The Bertz CT molecular complexity index is 1370. The predicted molar refractivity (Wildman–Crippen MR) is 159 cm³/mol. The number of rotatable bonds is 9. The summed E-state index contributed by atoms with van der Waals surface area (Å²) in [6.07, 6.45) is 3.22. The summed E-state index contributed by atoms with van der Waals surface area (Å²) in [5, 5.41) is 2.15. The van der Waals surface area contributed by atoms with Crippen molar-refractivity contribution in [3.63, 3.8) is 0 Å². The molecule has 6 heteroatoms. The average Bonchev–Trinajstić information content (AvgIpc) is 3.31. The van der Waals surface area contributed by atoms with E-state index in [4.69, 9.17) is 22.1 Å². The van der Waals surface area contributed by atoms with Crippen molar-refractivity contribution in [2.24, 2.45) is 5.73 Å². The predicted octanol–water partition coefficient (Wildman–Crippen LogP) is 6.37. The number of nitrogens with zero attached hydrogens (tertiary/aromatic N) is 3. The molecule has 5 nitrogen and oxygen atoms in total. The van der Waals surface area contributed by atoms with Gasteiger partial charge in [-0.15, -0.1) is 0 Å². The van der Waals surface area contributed by atoms with Crippen LogP contribution in [-0.2, 0) is 18.6 Å². The number of ether oxygens (including phenoxy) is 1. The molecule has 1 aromatic heterocycles. The molecular formula is C32H39ClN4O. The largest absolute Gasteiger partial charge is 0.497 e. The summed E-state index contributed by atoms with van der Waals surface area (Å²) >= 11 is 6.40. The first kappa shape index (κ1) is 26.8. The van der Waals surface area contributed by atoms with Crippen LogP contribution in [0.25, 0.3) is 22.0 Å². The van der Waals surface area contributed by atoms with Gasteiger partial charge >= 0.3 is 0 Å². The molecule has 5 rings (SSSR count). The minimum absolute atomic E-state index is 0.0722. The highest BCUT2D eigenvalue weighted by Crippen LogP contribution is 2.36. The van der Waals surface area contributed by atoms with Gasteiger partial charge in [-0.25, -0.2) is 0 Å². The fourth-order valence-electron chi connectivity index (χ4n) is 5.58. The molecule has 0 bridgehead atoms. The molecule has 200 valence electrons. The van der Waals surface area contributed by atoms with Crippen LogP contribution in [0.3, 0.4) is 0 Å². The molecule has 0 saturated carbocycles. The molecule has 0 atom stereocenters. The minimum atomic E-state index is -0.0722. The summed E-state index contributed by atoms with van der Waals surface area (Å²) in [6.45, 7) is 11.3. The molecule has 0 unspecified atom stereocenters. The Hall–Kier alpha value is -2.83. The van der Waals surface area contributed by atoms with Gasteiger partial charge in [0.05, 0.1) is 7.11 Å². The van der Waals surface area contributed by atoms with Gasteiger partial charge in [0.2, 0.25) is 0 Å². The van der Waals surface area contributed by atoms with E-state index >= 15 is 0 Å². The summed E-state index contributed by atoms with van der Waals surface area (Å²) in [5.41, 5.74) is 12.2. The fraction of sp³-hybridized carbons (Fsp3) is 0.375. The van der Waals surface area contributed by atoms with Gasteiger partial charge in [0.15, 0.2) is 0 Å². The number of methoxy groups -OCH3 is 1. The molecule has 0 radical (unpaired) electrons. The van der Waals surface area contributed by atoms with Crippen LogP contribution >= 0.6 is 11.6 Å². The molecule has 1 fully saturated rings. The minimum Gasteiger partial charge on any atom is -0.497 e. The molecule has 2 heterocycles. The molecule has 38 heavy (non-hydrogen) atoms. The smallest absolute Gasteiger partial charge is 0.118 e. The summed E-state index contributed by atoms with van der Waals surface area (Å²) in [5.74, 6) is 0.871. The summed E-state index contributed by atoms with van der Waals surface area (Å²) < 4.78 is 7.81. The van der Waals surface area contributed by atoms with Gasteiger partial charge in [-0.2, -0.15) is 0 Å². The highest BCUT2D eigenvalue weighted by molar-refractivity contribution is 6.31. The zero-order chi connectivity index (χ0) is 26.7. The first-order chi connectivity index (χ1) is 18.4. The van der Waals surface area contributed by atoms with Gasteiger partial charge in [-0.1, -0.05) is 48.0 Å². The first-order valence-corrected chi connectivity index (χ1v) is 13.9. The van der Waals surface area contributed by atoms with E-state index in [1.165, 1.54) is 33.2 Å². The average molecular weight is 531 g/mol. The van der Waals surface area contributed by atoms with Crippen LogP contribution in [0.1, 0.15) is 31.4 Å². The molecule has 2 N–H and O–H groups in total. The lowest BCUT2D eigenvalue weighted by Gasteiger charge is -2.35.